The van der Waals surface area contributed by atoms with E-state index < -0.39 is 0 Å². The summed E-state index contributed by atoms with van der Waals surface area (Å²) in [5, 5.41) is 3.09. The predicted molar refractivity (Wildman–Crippen MR) is 98.3 cm³/mol. The number of benzene rings is 3. The molecule has 1 aliphatic rings. The Morgan fingerprint density at radius 2 is 1.38 bits per heavy atom. The first-order chi connectivity index (χ1) is 11.6. The van der Waals surface area contributed by atoms with Gasteiger partial charge in [0.05, 0.1) is 5.92 Å². The van der Waals surface area contributed by atoms with E-state index in [9.17, 15) is 4.79 Å². The zero-order chi connectivity index (χ0) is 16.7. The van der Waals surface area contributed by atoms with E-state index in [0.29, 0.717) is 0 Å². The van der Waals surface area contributed by atoms with Crippen LogP contribution in [0.3, 0.4) is 0 Å². The number of carbonyl (C=O) groups is 1. The van der Waals surface area contributed by atoms with Crippen LogP contribution in [-0.4, -0.2) is 5.91 Å². The van der Waals surface area contributed by atoms with Crippen molar-refractivity contribution in [2.45, 2.75) is 19.8 Å². The molecular formula is C22H19NO. The molecule has 1 N–H and O–H groups in total. The second-order valence-corrected chi connectivity index (χ2v) is 6.40. The van der Waals surface area contributed by atoms with Gasteiger partial charge in [-0.2, -0.15) is 0 Å². The van der Waals surface area contributed by atoms with Gasteiger partial charge in [-0.25, -0.2) is 0 Å². The van der Waals surface area contributed by atoms with Crippen molar-refractivity contribution < 1.29 is 4.79 Å². The molecule has 1 amide bonds. The zero-order valence-corrected chi connectivity index (χ0v) is 13.8. The van der Waals surface area contributed by atoms with Crippen LogP contribution in [0.2, 0.25) is 0 Å². The van der Waals surface area contributed by atoms with Gasteiger partial charge in [-0.3, -0.25) is 4.79 Å². The van der Waals surface area contributed by atoms with Crippen LogP contribution in [0.1, 0.15) is 28.2 Å². The number of anilines is 1. The fraction of sp³-hybridized carbons (Fsp3) is 0.136. The van der Waals surface area contributed by atoms with Crippen molar-refractivity contribution in [1.82, 2.24) is 0 Å². The Morgan fingerprint density at radius 3 is 1.96 bits per heavy atom. The van der Waals surface area contributed by atoms with Gasteiger partial charge in [-0.15, -0.1) is 0 Å². The summed E-state index contributed by atoms with van der Waals surface area (Å²) >= 11 is 0. The molecule has 0 aliphatic heterocycles. The molecule has 0 radical (unpaired) electrons. The first kappa shape index (κ1) is 14.7. The highest BCUT2D eigenvalue weighted by atomic mass is 16.1. The number of carbonyl (C=O) groups excluding carboxylic acids is 1. The smallest absolute Gasteiger partial charge is 0.236 e. The molecule has 4 rings (SSSR count). The first-order valence-corrected chi connectivity index (χ1v) is 8.21. The molecule has 0 fully saturated rings. The van der Waals surface area contributed by atoms with Gasteiger partial charge in [0.1, 0.15) is 0 Å². The van der Waals surface area contributed by atoms with E-state index in [2.05, 4.69) is 43.4 Å². The summed E-state index contributed by atoms with van der Waals surface area (Å²) in [7, 11) is 0. The molecule has 0 spiro atoms. The average molecular weight is 313 g/mol. The number of amides is 1. The molecule has 0 aromatic heterocycles. The number of nitrogens with one attached hydrogen (secondary N) is 1. The van der Waals surface area contributed by atoms with Crippen LogP contribution in [0.5, 0.6) is 0 Å². The van der Waals surface area contributed by atoms with Crippen LogP contribution in [0.25, 0.3) is 11.1 Å². The summed E-state index contributed by atoms with van der Waals surface area (Å²) in [5.41, 5.74) is 7.75. The molecule has 24 heavy (non-hydrogen) atoms. The van der Waals surface area contributed by atoms with Crippen molar-refractivity contribution in [3.8, 4) is 11.1 Å². The van der Waals surface area contributed by atoms with Crippen molar-refractivity contribution in [2.75, 3.05) is 5.32 Å². The maximum absolute atomic E-state index is 13.0. The monoisotopic (exact) mass is 313 g/mol. The van der Waals surface area contributed by atoms with Crippen molar-refractivity contribution in [3.63, 3.8) is 0 Å². The van der Waals surface area contributed by atoms with E-state index in [-0.39, 0.29) is 11.8 Å². The summed E-state index contributed by atoms with van der Waals surface area (Å²) in [6.07, 6.45) is 0. The Labute approximate surface area is 142 Å². The Kier molecular flexibility index (Phi) is 3.46. The lowest BCUT2D eigenvalue weighted by atomic mass is 9.96. The Balaban J connectivity index is 1.73. The number of hydrogen-bond donors (Lipinski definition) is 1. The summed E-state index contributed by atoms with van der Waals surface area (Å²) in [4.78, 5) is 13.0. The van der Waals surface area contributed by atoms with Crippen molar-refractivity contribution >= 4 is 11.6 Å². The number of fused-ring (bicyclic) bond motifs is 3. The molecule has 2 heteroatoms. The summed E-state index contributed by atoms with van der Waals surface area (Å²) < 4.78 is 0. The highest BCUT2D eigenvalue weighted by Crippen LogP contribution is 2.44. The maximum Gasteiger partial charge on any atom is 0.236 e. The third-order valence-electron chi connectivity index (χ3n) is 4.87. The second-order valence-electron chi connectivity index (χ2n) is 6.40. The normalized spacial score (nSPS) is 12.6. The minimum atomic E-state index is -0.251. The zero-order valence-electron chi connectivity index (χ0n) is 13.8. The summed E-state index contributed by atoms with van der Waals surface area (Å²) in [6.45, 7) is 4.13. The third kappa shape index (κ3) is 2.31. The van der Waals surface area contributed by atoms with E-state index in [1.54, 1.807) is 0 Å². The molecule has 0 unspecified atom stereocenters. The van der Waals surface area contributed by atoms with Crippen LogP contribution >= 0.6 is 0 Å². The number of rotatable bonds is 2. The van der Waals surface area contributed by atoms with Crippen LogP contribution in [-0.2, 0) is 4.79 Å². The highest BCUT2D eigenvalue weighted by Gasteiger charge is 2.33. The standard InChI is InChI=1S/C22H19NO/c1-14-11-12-16(13-15(14)2)23-22(24)21-19-9-5-3-7-17(19)18-8-4-6-10-20(18)21/h3-13,21H,1-2H3,(H,23,24). The molecule has 2 nitrogen and oxygen atoms in total. The van der Waals surface area contributed by atoms with E-state index in [4.69, 9.17) is 0 Å². The fourth-order valence-corrected chi connectivity index (χ4v) is 3.47. The van der Waals surface area contributed by atoms with Crippen LogP contribution in [0.15, 0.2) is 66.7 Å². The highest BCUT2D eigenvalue weighted by molar-refractivity contribution is 6.03. The summed E-state index contributed by atoms with van der Waals surface area (Å²) in [6, 6.07) is 22.4. The minimum absolute atomic E-state index is 0.0238. The van der Waals surface area contributed by atoms with Gasteiger partial charge in [-0.05, 0) is 59.4 Å². The van der Waals surface area contributed by atoms with Crippen LogP contribution in [0, 0.1) is 13.8 Å². The molecule has 0 bridgehead atoms. The van der Waals surface area contributed by atoms with Crippen LogP contribution < -0.4 is 5.32 Å². The van der Waals surface area contributed by atoms with Gasteiger partial charge in [-0.1, -0.05) is 54.6 Å². The largest absolute Gasteiger partial charge is 0.325 e. The van der Waals surface area contributed by atoms with Gasteiger partial charge >= 0.3 is 0 Å². The molecule has 1 aliphatic carbocycles. The number of aryl methyl sites for hydroxylation is 2. The lowest BCUT2D eigenvalue weighted by Crippen LogP contribution is -2.20. The van der Waals surface area contributed by atoms with Gasteiger partial charge in [0, 0.05) is 5.69 Å². The van der Waals surface area contributed by atoms with Crippen molar-refractivity contribution in [3.05, 3.63) is 89.0 Å². The van der Waals surface area contributed by atoms with Crippen molar-refractivity contribution in [1.29, 1.82) is 0 Å². The second kappa shape index (κ2) is 5.64. The fourth-order valence-electron chi connectivity index (χ4n) is 3.47. The van der Waals surface area contributed by atoms with Crippen LogP contribution in [0.4, 0.5) is 5.69 Å². The lowest BCUT2D eigenvalue weighted by Gasteiger charge is -2.15. The first-order valence-electron chi connectivity index (χ1n) is 8.21. The Morgan fingerprint density at radius 1 is 0.792 bits per heavy atom. The van der Waals surface area contributed by atoms with E-state index in [1.807, 2.05) is 42.5 Å². The van der Waals surface area contributed by atoms with Gasteiger partial charge < -0.3 is 5.32 Å². The maximum atomic E-state index is 13.0. The predicted octanol–water partition coefficient (Wildman–Crippen LogP) is 5.05. The average Bonchev–Trinajstić information content (AvgIpc) is 2.93. The topological polar surface area (TPSA) is 29.1 Å². The molecular weight excluding hydrogens is 294 g/mol. The van der Waals surface area contributed by atoms with Gasteiger partial charge in [0.25, 0.3) is 0 Å². The molecule has 3 aromatic carbocycles. The molecule has 3 aromatic rings. The summed E-state index contributed by atoms with van der Waals surface area (Å²) in [5.74, 6) is -0.227. The molecule has 0 saturated carbocycles. The van der Waals surface area contributed by atoms with E-state index in [1.165, 1.54) is 11.1 Å². The van der Waals surface area contributed by atoms with E-state index in [0.717, 1.165) is 27.9 Å². The number of hydrogen-bond acceptors (Lipinski definition) is 1. The van der Waals surface area contributed by atoms with Gasteiger partial charge in [0.15, 0.2) is 0 Å². The SMILES string of the molecule is Cc1ccc(NC(=O)C2c3ccccc3-c3ccccc32)cc1C. The molecule has 0 heterocycles. The Bertz CT molecular complexity index is 897. The quantitative estimate of drug-likeness (QED) is 0.704. The minimum Gasteiger partial charge on any atom is -0.325 e. The molecule has 0 saturated heterocycles. The van der Waals surface area contributed by atoms with Crippen molar-refractivity contribution in [2.24, 2.45) is 0 Å². The molecule has 0 atom stereocenters. The lowest BCUT2D eigenvalue weighted by molar-refractivity contribution is -0.116. The Hall–Kier alpha value is -2.87. The third-order valence-corrected chi connectivity index (χ3v) is 4.87. The van der Waals surface area contributed by atoms with Gasteiger partial charge in [0.2, 0.25) is 5.91 Å². The van der Waals surface area contributed by atoms with E-state index >= 15 is 0 Å². The molecule has 118 valence electrons.